The first kappa shape index (κ1) is 14.7. The maximum absolute atomic E-state index is 11.6. The molecule has 0 unspecified atom stereocenters. The van der Waals surface area contributed by atoms with Gasteiger partial charge in [-0.1, -0.05) is 6.92 Å². The van der Waals surface area contributed by atoms with Crippen LogP contribution in [0.1, 0.15) is 13.3 Å². The van der Waals surface area contributed by atoms with E-state index in [1.54, 1.807) is 17.0 Å². The van der Waals surface area contributed by atoms with Crippen LogP contribution in [0.5, 0.6) is 0 Å². The number of sulfonamides is 1. The van der Waals surface area contributed by atoms with Crippen LogP contribution in [0.25, 0.3) is 0 Å². The maximum atomic E-state index is 11.6. The van der Waals surface area contributed by atoms with Crippen LogP contribution in [0.3, 0.4) is 0 Å². The molecular formula is C11H19N3O3S. The van der Waals surface area contributed by atoms with Crippen LogP contribution in [-0.2, 0) is 10.0 Å². The first-order chi connectivity index (χ1) is 8.40. The van der Waals surface area contributed by atoms with Gasteiger partial charge < -0.3 is 15.7 Å². The van der Waals surface area contributed by atoms with Gasteiger partial charge in [-0.2, -0.15) is 0 Å². The second-order valence-electron chi connectivity index (χ2n) is 3.98. The van der Waals surface area contributed by atoms with Crippen LogP contribution in [0, 0.1) is 0 Å². The molecule has 0 amide bonds. The van der Waals surface area contributed by atoms with Crippen molar-refractivity contribution in [1.29, 1.82) is 0 Å². The predicted molar refractivity (Wildman–Crippen MR) is 71.8 cm³/mol. The molecule has 5 N–H and O–H groups in total. The standard InChI is InChI=1S/C11H19N3O3S/c1-2-5-14(6-7-15)10-4-3-9(12)8-11(10)18(13,16)17/h3-4,8,15H,2,5-7,12H2,1H3,(H2,13,16,17). The van der Waals surface area contributed by atoms with E-state index in [2.05, 4.69) is 0 Å². The summed E-state index contributed by atoms with van der Waals surface area (Å²) in [5.41, 5.74) is 6.40. The minimum absolute atomic E-state index is 0.00981. The molecule has 0 aliphatic carbocycles. The summed E-state index contributed by atoms with van der Waals surface area (Å²) in [4.78, 5) is 1.77. The van der Waals surface area contributed by atoms with Gasteiger partial charge in [0.2, 0.25) is 10.0 Å². The maximum Gasteiger partial charge on any atom is 0.240 e. The van der Waals surface area contributed by atoms with Crippen LogP contribution in [0.15, 0.2) is 23.1 Å². The second-order valence-corrected chi connectivity index (χ2v) is 5.51. The van der Waals surface area contributed by atoms with Gasteiger partial charge in [-0.05, 0) is 24.6 Å². The van der Waals surface area contributed by atoms with E-state index in [4.69, 9.17) is 16.0 Å². The quantitative estimate of drug-likeness (QED) is 0.638. The highest BCUT2D eigenvalue weighted by molar-refractivity contribution is 7.89. The fraction of sp³-hybridized carbons (Fsp3) is 0.455. The number of benzene rings is 1. The minimum atomic E-state index is -3.84. The van der Waals surface area contributed by atoms with E-state index in [0.717, 1.165) is 6.42 Å². The molecule has 1 aromatic rings. The number of aliphatic hydroxyl groups is 1. The van der Waals surface area contributed by atoms with Crippen LogP contribution >= 0.6 is 0 Å². The summed E-state index contributed by atoms with van der Waals surface area (Å²) >= 11 is 0. The smallest absolute Gasteiger partial charge is 0.240 e. The minimum Gasteiger partial charge on any atom is -0.399 e. The Balaban J connectivity index is 3.29. The molecule has 0 aromatic heterocycles. The molecule has 0 saturated heterocycles. The van der Waals surface area contributed by atoms with E-state index in [1.165, 1.54) is 6.07 Å². The molecule has 1 rings (SSSR count). The van der Waals surface area contributed by atoms with Crippen LogP contribution in [-0.4, -0.2) is 33.2 Å². The fourth-order valence-corrected chi connectivity index (χ4v) is 2.55. The van der Waals surface area contributed by atoms with Crippen molar-refractivity contribution >= 4 is 21.4 Å². The zero-order valence-electron chi connectivity index (χ0n) is 10.3. The lowest BCUT2D eigenvalue weighted by atomic mass is 10.2. The number of aliphatic hydroxyl groups excluding tert-OH is 1. The first-order valence-corrected chi connectivity index (χ1v) is 7.23. The zero-order chi connectivity index (χ0) is 13.8. The van der Waals surface area contributed by atoms with Gasteiger partial charge in [0.05, 0.1) is 12.3 Å². The van der Waals surface area contributed by atoms with Crippen molar-refractivity contribution in [3.63, 3.8) is 0 Å². The third-order valence-electron chi connectivity index (χ3n) is 2.49. The molecule has 18 heavy (non-hydrogen) atoms. The summed E-state index contributed by atoms with van der Waals surface area (Å²) < 4.78 is 23.1. The Bertz CT molecular complexity index is 496. The molecule has 0 spiro atoms. The molecule has 102 valence electrons. The number of primary sulfonamides is 1. The van der Waals surface area contributed by atoms with Crippen molar-refractivity contribution in [1.82, 2.24) is 0 Å². The largest absolute Gasteiger partial charge is 0.399 e. The highest BCUT2D eigenvalue weighted by atomic mass is 32.2. The van der Waals surface area contributed by atoms with E-state index < -0.39 is 10.0 Å². The molecular weight excluding hydrogens is 254 g/mol. The fourth-order valence-electron chi connectivity index (χ4n) is 1.76. The Hall–Kier alpha value is -1.31. The average molecular weight is 273 g/mol. The van der Waals surface area contributed by atoms with Crippen molar-refractivity contribution in [2.45, 2.75) is 18.2 Å². The van der Waals surface area contributed by atoms with Crippen molar-refractivity contribution in [3.8, 4) is 0 Å². The number of nitrogens with two attached hydrogens (primary N) is 2. The molecule has 0 aliphatic rings. The first-order valence-electron chi connectivity index (χ1n) is 5.68. The van der Waals surface area contributed by atoms with Crippen molar-refractivity contribution in [2.24, 2.45) is 5.14 Å². The summed E-state index contributed by atoms with van der Waals surface area (Å²) in [5.74, 6) is 0. The Labute approximate surface area is 107 Å². The number of nitrogen functional groups attached to an aromatic ring is 1. The highest BCUT2D eigenvalue weighted by Crippen LogP contribution is 2.26. The lowest BCUT2D eigenvalue weighted by Crippen LogP contribution is -2.29. The molecule has 7 heteroatoms. The van der Waals surface area contributed by atoms with Gasteiger partial charge in [-0.3, -0.25) is 0 Å². The zero-order valence-corrected chi connectivity index (χ0v) is 11.2. The Morgan fingerprint density at radius 1 is 1.33 bits per heavy atom. The molecule has 0 saturated carbocycles. The number of hydrogen-bond acceptors (Lipinski definition) is 5. The number of rotatable bonds is 6. The topological polar surface area (TPSA) is 110 Å². The van der Waals surface area contributed by atoms with Gasteiger partial charge >= 0.3 is 0 Å². The van der Waals surface area contributed by atoms with Gasteiger partial charge in [-0.25, -0.2) is 13.6 Å². The third-order valence-corrected chi connectivity index (χ3v) is 3.43. The van der Waals surface area contributed by atoms with Crippen LogP contribution in [0.2, 0.25) is 0 Å². The molecule has 6 nitrogen and oxygen atoms in total. The van der Waals surface area contributed by atoms with E-state index in [9.17, 15) is 8.42 Å². The average Bonchev–Trinajstić information content (AvgIpc) is 2.27. The predicted octanol–water partition coefficient (Wildman–Crippen LogP) is 0.125. The number of nitrogens with zero attached hydrogens (tertiary/aromatic N) is 1. The van der Waals surface area contributed by atoms with Crippen molar-refractivity contribution < 1.29 is 13.5 Å². The highest BCUT2D eigenvalue weighted by Gasteiger charge is 2.18. The Kier molecular flexibility index (Phi) is 4.94. The van der Waals surface area contributed by atoms with E-state index in [1.807, 2.05) is 6.92 Å². The molecule has 1 aromatic carbocycles. The lowest BCUT2D eigenvalue weighted by molar-refractivity contribution is 0.301. The summed E-state index contributed by atoms with van der Waals surface area (Å²) in [6, 6.07) is 4.56. The van der Waals surface area contributed by atoms with Gasteiger partial charge in [-0.15, -0.1) is 0 Å². The van der Waals surface area contributed by atoms with Crippen LogP contribution in [0.4, 0.5) is 11.4 Å². The van der Waals surface area contributed by atoms with Gasteiger partial charge in [0.15, 0.2) is 0 Å². The van der Waals surface area contributed by atoms with Crippen LogP contribution < -0.4 is 15.8 Å². The van der Waals surface area contributed by atoms with Crippen molar-refractivity contribution in [2.75, 3.05) is 30.3 Å². The summed E-state index contributed by atoms with van der Waals surface area (Å²) in [6.45, 7) is 2.89. The van der Waals surface area contributed by atoms with E-state index in [0.29, 0.717) is 24.5 Å². The summed E-state index contributed by atoms with van der Waals surface area (Å²) in [6.07, 6.45) is 0.828. The monoisotopic (exact) mass is 273 g/mol. The number of anilines is 2. The van der Waals surface area contributed by atoms with E-state index in [-0.39, 0.29) is 11.5 Å². The van der Waals surface area contributed by atoms with Gasteiger partial charge in [0.1, 0.15) is 4.90 Å². The third kappa shape index (κ3) is 3.59. The molecule has 0 atom stereocenters. The number of hydrogen-bond donors (Lipinski definition) is 3. The lowest BCUT2D eigenvalue weighted by Gasteiger charge is -2.25. The summed E-state index contributed by atoms with van der Waals surface area (Å²) in [5, 5.41) is 14.2. The van der Waals surface area contributed by atoms with Gasteiger partial charge in [0.25, 0.3) is 0 Å². The molecule has 0 aliphatic heterocycles. The Morgan fingerprint density at radius 3 is 2.50 bits per heavy atom. The molecule has 0 bridgehead atoms. The van der Waals surface area contributed by atoms with E-state index >= 15 is 0 Å². The molecule has 0 fully saturated rings. The van der Waals surface area contributed by atoms with Gasteiger partial charge in [0, 0.05) is 18.8 Å². The second kappa shape index (κ2) is 6.03. The van der Waals surface area contributed by atoms with Crippen molar-refractivity contribution in [3.05, 3.63) is 18.2 Å². The molecule has 0 radical (unpaired) electrons. The summed E-state index contributed by atoms with van der Waals surface area (Å²) in [7, 11) is -3.84. The SMILES string of the molecule is CCCN(CCO)c1ccc(N)cc1S(N)(=O)=O. The normalized spacial score (nSPS) is 11.5. The molecule has 0 heterocycles. The Morgan fingerprint density at radius 2 is 2.00 bits per heavy atom.